The Morgan fingerprint density at radius 2 is 1.31 bits per heavy atom. The molecule has 1 saturated heterocycles. The van der Waals surface area contributed by atoms with Crippen LogP contribution in [0.4, 0.5) is 17.3 Å². The molecule has 4 aromatic rings. The van der Waals surface area contributed by atoms with E-state index in [1.165, 1.54) is 18.3 Å². The summed E-state index contributed by atoms with van der Waals surface area (Å²) in [5.41, 5.74) is 7.72. The fourth-order valence-electron chi connectivity index (χ4n) is 7.76. The van der Waals surface area contributed by atoms with Gasteiger partial charge in [0.05, 0.1) is 44.6 Å². The molecule has 74 heavy (non-hydrogen) atoms. The molecule has 29 heteroatoms. The first-order valence-electron chi connectivity index (χ1n) is 22.9. The molecule has 3 heterocycles. The minimum atomic E-state index is -1.36. The molecule has 0 bridgehead atoms. The second-order valence-corrected chi connectivity index (χ2v) is 17.3. The van der Waals surface area contributed by atoms with Crippen LogP contribution in [0.5, 0.6) is 0 Å². The van der Waals surface area contributed by atoms with Gasteiger partial charge in [0.25, 0.3) is 11.5 Å². The van der Waals surface area contributed by atoms with E-state index in [0.717, 1.165) is 5.56 Å². The molecular weight excluding hydrogens is 1040 g/mol. The molecule has 0 saturated carbocycles. The summed E-state index contributed by atoms with van der Waals surface area (Å²) in [4.78, 5) is 118. The van der Waals surface area contributed by atoms with Gasteiger partial charge in [0.1, 0.15) is 6.04 Å². The summed E-state index contributed by atoms with van der Waals surface area (Å²) in [5.74, 6) is -6.95. The molecule has 2 amide bonds. The van der Waals surface area contributed by atoms with Crippen molar-refractivity contribution in [2.45, 2.75) is 37.9 Å². The van der Waals surface area contributed by atoms with Crippen molar-refractivity contribution in [3.63, 3.8) is 0 Å². The molecule has 0 unspecified atom stereocenters. The van der Waals surface area contributed by atoms with Crippen molar-refractivity contribution in [2.24, 2.45) is 0 Å². The van der Waals surface area contributed by atoms with E-state index in [1.807, 2.05) is 0 Å². The van der Waals surface area contributed by atoms with E-state index in [0.29, 0.717) is 17.1 Å². The number of nitrogen functional groups attached to an aromatic ring is 1. The second-order valence-electron chi connectivity index (χ2n) is 16.9. The predicted octanol–water partition coefficient (Wildman–Crippen LogP) is -1.56. The Balaban J connectivity index is 0.0000119. The van der Waals surface area contributed by atoms with Gasteiger partial charge in [-0.1, -0.05) is 12.1 Å². The van der Waals surface area contributed by atoms with Crippen molar-refractivity contribution < 1.29 is 76.2 Å². The van der Waals surface area contributed by atoms with Crippen LogP contribution in [-0.4, -0.2) is 209 Å². The Bertz CT molecular complexity index is 2670. The number of nitrogens with zero attached hydrogens (tertiary/aromatic N) is 7. The molecular formula is C45H58CuN14O13S. The Morgan fingerprint density at radius 1 is 0.743 bits per heavy atom. The van der Waals surface area contributed by atoms with Crippen LogP contribution in [0.25, 0.3) is 11.2 Å². The van der Waals surface area contributed by atoms with Crippen LogP contribution in [0.15, 0.2) is 59.5 Å². The third kappa shape index (κ3) is 20.2. The number of nitrogens with one attached hydrogen (secondary N) is 6. The minimum Gasteiger partial charge on any atom is -0.480 e. The number of carbonyl (C=O) groups excluding carboxylic acids is 2. The van der Waals surface area contributed by atoms with Crippen LogP contribution < -0.4 is 37.9 Å². The quantitative estimate of drug-likeness (QED) is 0.0227. The van der Waals surface area contributed by atoms with E-state index in [1.54, 1.807) is 56.0 Å². The van der Waals surface area contributed by atoms with Crippen LogP contribution >= 0.6 is 12.2 Å². The number of aromatic amines is 1. The van der Waals surface area contributed by atoms with E-state index in [2.05, 4.69) is 46.5 Å². The van der Waals surface area contributed by atoms with Gasteiger partial charge in [0.15, 0.2) is 16.3 Å². The maximum Gasteiger partial charge on any atom is 0.326 e. The number of fused-ring (bicyclic) bond motifs is 1. The Morgan fingerprint density at radius 3 is 1.92 bits per heavy atom. The molecule has 1 radical (unpaired) electrons. The number of H-pyrrole nitrogens is 1. The van der Waals surface area contributed by atoms with E-state index in [-0.39, 0.29) is 149 Å². The van der Waals surface area contributed by atoms with E-state index < -0.39 is 65.8 Å². The molecule has 1 fully saturated rings. The number of hydrogen-bond acceptors (Lipinski definition) is 18. The largest absolute Gasteiger partial charge is 0.480 e. The number of aliphatic carboxylic acids is 5. The van der Waals surface area contributed by atoms with Gasteiger partial charge in [-0.05, 0) is 67.0 Å². The molecule has 2 atom stereocenters. The van der Waals surface area contributed by atoms with Crippen LogP contribution in [0, 0.1) is 0 Å². The molecule has 5 rings (SSSR count). The van der Waals surface area contributed by atoms with E-state index >= 15 is 0 Å². The standard InChI is InChI=1S/C45H58N14O13S.Cu/c46-44-54-40-39(42(70)55-44)51-31(21-50-40)20-49-29-7-3-28(4-8-29)41(69)53-33(43(71)72)9-10-34(60)47-11-12-48-45(73)52-30-5-1-27(2-6-30)19-32-22-58(25-37(65)66)16-15-56(23-35(61)62)13-14-57(24-36(63)64)17-18-59(32)26-38(67)68;/h1-8,21,32-33,49H,9-20,22-26H2,(H,47,60)(H,53,69)(H,61,62)(H,63,64)(H,65,66)(H,67,68)(H,71,72)(H2,48,52,73)(H3,46,50,54,55,70);/t32-,33+;/m1./s1/i;1+0. The zero-order chi connectivity index (χ0) is 53.0. The van der Waals surface area contributed by atoms with Gasteiger partial charge in [-0.2, -0.15) is 4.98 Å². The smallest absolute Gasteiger partial charge is 0.326 e. The maximum absolute atomic E-state index is 12.9. The molecule has 0 aliphatic carbocycles. The topological polar surface area (TPSA) is 391 Å². The first-order chi connectivity index (χ1) is 34.8. The van der Waals surface area contributed by atoms with E-state index in [4.69, 9.17) is 18.0 Å². The molecule has 27 nitrogen and oxygen atoms in total. The Hall–Kier alpha value is -7.40. The van der Waals surface area contributed by atoms with Crippen molar-refractivity contribution >= 4 is 87.5 Å². The summed E-state index contributed by atoms with van der Waals surface area (Å²) in [7, 11) is 0. The number of anilines is 3. The molecule has 403 valence electrons. The minimum absolute atomic E-state index is 0. The number of thiocarbonyl (C=S) groups is 1. The second kappa shape index (κ2) is 29.3. The van der Waals surface area contributed by atoms with Crippen molar-refractivity contribution in [2.75, 3.05) is 101 Å². The van der Waals surface area contributed by atoms with Gasteiger partial charge >= 0.3 is 29.8 Å². The number of rotatable bonds is 23. The van der Waals surface area contributed by atoms with Crippen molar-refractivity contribution in [1.29, 1.82) is 0 Å². The Labute approximate surface area is 438 Å². The SMILES string of the molecule is Nc1nc2ncc(CNc3ccc(C(=O)N[C@@H](CCC(=O)NCCNC(=S)Nc4ccc(C[C@@H]5CN(CC(=O)O)CCN(CC(=O)O)CCN(CC(=O)O)CCN5CC(=O)O)cc4)C(=O)O)cc3)nc2c(=O)[nH]1.[64Cu]. The molecule has 13 N–H and O–H groups in total. The molecule has 2 aromatic carbocycles. The fraction of sp³-hybridized carbons (Fsp3) is 0.422. The van der Waals surface area contributed by atoms with E-state index in [9.17, 15) is 63.9 Å². The van der Waals surface area contributed by atoms with Gasteiger partial charge in [-0.25, -0.2) is 14.8 Å². The van der Waals surface area contributed by atoms with Crippen LogP contribution in [-0.2, 0) is 58.8 Å². The number of carbonyl (C=O) groups is 7. The monoisotopic (exact) mass is 1100 g/mol. The predicted molar refractivity (Wildman–Crippen MR) is 267 cm³/mol. The number of nitrogens with two attached hydrogens (primary N) is 1. The van der Waals surface area contributed by atoms with Crippen molar-refractivity contribution in [3.05, 3.63) is 81.9 Å². The van der Waals surface area contributed by atoms with Gasteiger partial charge in [0, 0.05) is 105 Å². The zero-order valence-corrected chi connectivity index (χ0v) is 41.5. The number of aromatic nitrogens is 4. The summed E-state index contributed by atoms with van der Waals surface area (Å²) in [6.45, 7) is 0.201. The molecule has 1 aliphatic rings. The summed E-state index contributed by atoms with van der Waals surface area (Å²) in [6.07, 6.45) is 1.33. The first kappa shape index (κ1) is 59.2. The normalized spacial score (nSPS) is 15.5. The van der Waals surface area contributed by atoms with Gasteiger partial charge in [-0.15, -0.1) is 0 Å². The number of hydrogen-bond donors (Lipinski definition) is 12. The molecule has 2 aromatic heterocycles. The third-order valence-corrected chi connectivity index (χ3v) is 11.6. The number of carboxylic acids is 5. The van der Waals surface area contributed by atoms with Gasteiger partial charge in [0.2, 0.25) is 11.9 Å². The van der Waals surface area contributed by atoms with Crippen LogP contribution in [0.1, 0.15) is 34.5 Å². The number of carboxylic acid groups (broad SMARTS) is 5. The first-order valence-corrected chi connectivity index (χ1v) is 23.3. The van der Waals surface area contributed by atoms with Crippen molar-refractivity contribution in [1.82, 2.24) is 55.5 Å². The molecule has 0 spiro atoms. The average Bonchev–Trinajstić information content (AvgIpc) is 3.32. The summed E-state index contributed by atoms with van der Waals surface area (Å²) in [5, 5.41) is 62.9. The maximum atomic E-state index is 12.9. The number of benzene rings is 2. The molecule has 1 aliphatic heterocycles. The van der Waals surface area contributed by atoms with Gasteiger partial charge < -0.3 is 57.9 Å². The van der Waals surface area contributed by atoms with Gasteiger partial charge in [-0.3, -0.25) is 58.1 Å². The fourth-order valence-corrected chi connectivity index (χ4v) is 7.98. The zero-order valence-electron chi connectivity index (χ0n) is 39.8. The summed E-state index contributed by atoms with van der Waals surface area (Å²) < 4.78 is 0. The number of amides is 2. The van der Waals surface area contributed by atoms with Crippen LogP contribution in [0.2, 0.25) is 0 Å². The Kier molecular flexibility index (Phi) is 23.5. The van der Waals surface area contributed by atoms with Crippen molar-refractivity contribution in [3.8, 4) is 0 Å². The average molecular weight is 1100 g/mol. The summed E-state index contributed by atoms with van der Waals surface area (Å²) >= 11 is 5.42. The third-order valence-electron chi connectivity index (χ3n) is 11.4. The summed E-state index contributed by atoms with van der Waals surface area (Å²) in [6, 6.07) is 11.3. The van der Waals surface area contributed by atoms with Crippen LogP contribution in [0.3, 0.4) is 0 Å².